The summed E-state index contributed by atoms with van der Waals surface area (Å²) in [5.74, 6) is 0. The fraction of sp³-hybridized carbons (Fsp3) is 0.167. The Morgan fingerprint density at radius 3 is 3.05 bits per heavy atom. The van der Waals surface area contributed by atoms with Gasteiger partial charge in [-0.2, -0.15) is 4.98 Å². The first-order valence-corrected chi connectivity index (χ1v) is 6.69. The highest BCUT2D eigenvalue weighted by Crippen LogP contribution is 2.24. The maximum Gasteiger partial charge on any atom is 0.295 e. The quantitative estimate of drug-likeness (QED) is 0.586. The van der Waals surface area contributed by atoms with Gasteiger partial charge in [0.15, 0.2) is 5.58 Å². The second-order valence-corrected chi connectivity index (χ2v) is 5.08. The molecule has 0 bridgehead atoms. The second-order valence-electron chi connectivity index (χ2n) is 4.14. The number of fused-ring (bicyclic) bond motifs is 1. The minimum absolute atomic E-state index is 0.0153. The van der Waals surface area contributed by atoms with E-state index in [9.17, 15) is 10.1 Å². The van der Waals surface area contributed by atoms with Crippen LogP contribution in [0.2, 0.25) is 0 Å². The van der Waals surface area contributed by atoms with Crippen LogP contribution in [0.5, 0.6) is 0 Å². The first-order valence-electron chi connectivity index (χ1n) is 5.81. The fourth-order valence-electron chi connectivity index (χ4n) is 1.75. The molecule has 3 aromatic rings. The summed E-state index contributed by atoms with van der Waals surface area (Å²) in [4.78, 5) is 19.7. The highest BCUT2D eigenvalue weighted by molar-refractivity contribution is 7.09. The molecule has 0 aliphatic carbocycles. The van der Waals surface area contributed by atoms with Gasteiger partial charge in [0, 0.05) is 10.9 Å². The summed E-state index contributed by atoms with van der Waals surface area (Å²) in [6.45, 7) is 2.49. The van der Waals surface area contributed by atoms with E-state index in [1.165, 1.54) is 12.1 Å². The van der Waals surface area contributed by atoms with Gasteiger partial charge >= 0.3 is 0 Å². The standard InChI is InChI=1S/C12H10N4O3S/c1-7-11(20-6-14-7)5-13-12-15-9-3-2-8(16(17)18)4-10(9)19-12/h2-4,6H,5H2,1H3,(H,13,15). The summed E-state index contributed by atoms with van der Waals surface area (Å²) in [5, 5.41) is 13.7. The highest BCUT2D eigenvalue weighted by Gasteiger charge is 2.12. The molecule has 8 heteroatoms. The third-order valence-corrected chi connectivity index (χ3v) is 3.76. The van der Waals surface area contributed by atoms with Crippen LogP contribution in [-0.4, -0.2) is 14.9 Å². The van der Waals surface area contributed by atoms with Crippen LogP contribution in [0.25, 0.3) is 11.1 Å². The number of hydrogen-bond acceptors (Lipinski definition) is 7. The topological polar surface area (TPSA) is 94.1 Å². The molecule has 0 saturated carbocycles. The lowest BCUT2D eigenvalue weighted by Gasteiger charge is -1.98. The van der Waals surface area contributed by atoms with Gasteiger partial charge in [0.2, 0.25) is 0 Å². The van der Waals surface area contributed by atoms with E-state index in [4.69, 9.17) is 4.42 Å². The monoisotopic (exact) mass is 290 g/mol. The Kier molecular flexibility index (Phi) is 3.07. The maximum atomic E-state index is 10.7. The second kappa shape index (κ2) is 4.89. The predicted molar refractivity (Wildman–Crippen MR) is 74.8 cm³/mol. The Bertz CT molecular complexity index is 780. The summed E-state index contributed by atoms with van der Waals surface area (Å²) in [6.07, 6.45) is 0. The average Bonchev–Trinajstić information content (AvgIpc) is 3.00. The summed E-state index contributed by atoms with van der Waals surface area (Å²) in [6, 6.07) is 4.68. The number of aromatic nitrogens is 2. The van der Waals surface area contributed by atoms with Crippen LogP contribution in [0.15, 0.2) is 28.1 Å². The van der Waals surface area contributed by atoms with Crippen LogP contribution in [0.1, 0.15) is 10.6 Å². The van der Waals surface area contributed by atoms with E-state index in [2.05, 4.69) is 15.3 Å². The van der Waals surface area contributed by atoms with E-state index < -0.39 is 4.92 Å². The number of hydrogen-bond donors (Lipinski definition) is 1. The Morgan fingerprint density at radius 2 is 2.35 bits per heavy atom. The van der Waals surface area contributed by atoms with Gasteiger partial charge in [-0.05, 0) is 13.0 Å². The first-order chi connectivity index (χ1) is 9.63. The van der Waals surface area contributed by atoms with E-state index in [1.54, 1.807) is 22.9 Å². The van der Waals surface area contributed by atoms with Gasteiger partial charge in [0.05, 0.1) is 28.7 Å². The Labute approximate surface area is 117 Å². The normalized spacial score (nSPS) is 10.8. The van der Waals surface area contributed by atoms with Crippen molar-refractivity contribution in [3.05, 3.63) is 44.4 Å². The molecule has 1 aromatic carbocycles. The van der Waals surface area contributed by atoms with Gasteiger partial charge in [0.25, 0.3) is 11.7 Å². The van der Waals surface area contributed by atoms with Crippen LogP contribution in [-0.2, 0) is 6.54 Å². The van der Waals surface area contributed by atoms with Crippen molar-refractivity contribution in [3.8, 4) is 0 Å². The summed E-state index contributed by atoms with van der Waals surface area (Å²) in [7, 11) is 0. The smallest absolute Gasteiger partial charge is 0.295 e. The number of aryl methyl sites for hydroxylation is 1. The summed E-state index contributed by atoms with van der Waals surface area (Å²) >= 11 is 1.55. The number of thiazole rings is 1. The third kappa shape index (κ3) is 2.32. The summed E-state index contributed by atoms with van der Waals surface area (Å²) < 4.78 is 5.45. The molecule has 0 atom stereocenters. The van der Waals surface area contributed by atoms with Crippen molar-refractivity contribution >= 4 is 34.1 Å². The number of non-ortho nitro benzene ring substituents is 1. The zero-order chi connectivity index (χ0) is 14.1. The lowest BCUT2D eigenvalue weighted by Crippen LogP contribution is -1.98. The number of oxazole rings is 1. The number of nitro benzene ring substituents is 1. The van der Waals surface area contributed by atoms with Crippen LogP contribution >= 0.6 is 11.3 Å². The molecule has 102 valence electrons. The van der Waals surface area contributed by atoms with Gasteiger partial charge in [-0.25, -0.2) is 4.98 Å². The molecular formula is C12H10N4O3S. The van der Waals surface area contributed by atoms with Crippen molar-refractivity contribution < 1.29 is 9.34 Å². The number of nitro groups is 1. The number of nitrogens with zero attached hydrogens (tertiary/aromatic N) is 3. The van der Waals surface area contributed by atoms with Crippen molar-refractivity contribution in [2.24, 2.45) is 0 Å². The lowest BCUT2D eigenvalue weighted by atomic mass is 10.3. The zero-order valence-corrected chi connectivity index (χ0v) is 11.3. The van der Waals surface area contributed by atoms with Crippen molar-refractivity contribution in [1.82, 2.24) is 9.97 Å². The average molecular weight is 290 g/mol. The molecule has 0 aliphatic heterocycles. The van der Waals surface area contributed by atoms with Gasteiger partial charge in [0.1, 0.15) is 5.52 Å². The SMILES string of the molecule is Cc1ncsc1CNc1nc2ccc([N+](=O)[O-])cc2o1. The van der Waals surface area contributed by atoms with E-state index >= 15 is 0 Å². The molecule has 1 N–H and O–H groups in total. The van der Waals surface area contributed by atoms with E-state index in [0.717, 1.165) is 10.6 Å². The molecule has 2 aromatic heterocycles. The van der Waals surface area contributed by atoms with E-state index in [0.29, 0.717) is 23.7 Å². The van der Waals surface area contributed by atoms with Crippen LogP contribution in [0.3, 0.4) is 0 Å². The largest absolute Gasteiger partial charge is 0.423 e. The Morgan fingerprint density at radius 1 is 1.50 bits per heavy atom. The van der Waals surface area contributed by atoms with Gasteiger partial charge in [-0.3, -0.25) is 10.1 Å². The van der Waals surface area contributed by atoms with Crippen molar-refractivity contribution in [2.45, 2.75) is 13.5 Å². The molecular weight excluding hydrogens is 280 g/mol. The lowest BCUT2D eigenvalue weighted by molar-refractivity contribution is -0.384. The van der Waals surface area contributed by atoms with Gasteiger partial charge in [-0.15, -0.1) is 11.3 Å². The number of anilines is 1. The molecule has 3 rings (SSSR count). The van der Waals surface area contributed by atoms with Crippen molar-refractivity contribution in [3.63, 3.8) is 0 Å². The Balaban J connectivity index is 1.82. The first kappa shape index (κ1) is 12.5. The molecule has 0 amide bonds. The highest BCUT2D eigenvalue weighted by atomic mass is 32.1. The molecule has 0 radical (unpaired) electrons. The van der Waals surface area contributed by atoms with E-state index in [1.807, 2.05) is 6.92 Å². The predicted octanol–water partition coefficient (Wildman–Crippen LogP) is 3.11. The molecule has 0 fully saturated rings. The Hall–Kier alpha value is -2.48. The van der Waals surface area contributed by atoms with Gasteiger partial charge < -0.3 is 9.73 Å². The van der Waals surface area contributed by atoms with Crippen LogP contribution in [0.4, 0.5) is 11.7 Å². The third-order valence-electron chi connectivity index (χ3n) is 2.83. The minimum atomic E-state index is -0.463. The van der Waals surface area contributed by atoms with Crippen molar-refractivity contribution in [1.29, 1.82) is 0 Å². The van der Waals surface area contributed by atoms with Crippen molar-refractivity contribution in [2.75, 3.05) is 5.32 Å². The molecule has 20 heavy (non-hydrogen) atoms. The minimum Gasteiger partial charge on any atom is -0.423 e. The molecule has 2 heterocycles. The van der Waals surface area contributed by atoms with E-state index in [-0.39, 0.29) is 5.69 Å². The van der Waals surface area contributed by atoms with Gasteiger partial charge in [-0.1, -0.05) is 0 Å². The number of benzene rings is 1. The number of rotatable bonds is 4. The molecule has 0 unspecified atom stereocenters. The zero-order valence-electron chi connectivity index (χ0n) is 10.5. The summed E-state index contributed by atoms with van der Waals surface area (Å²) in [5.41, 5.74) is 3.71. The maximum absolute atomic E-state index is 10.7. The molecule has 0 aliphatic rings. The molecule has 0 spiro atoms. The number of nitrogens with one attached hydrogen (secondary N) is 1. The molecule has 0 saturated heterocycles. The van der Waals surface area contributed by atoms with Crippen LogP contribution in [0, 0.1) is 17.0 Å². The van der Waals surface area contributed by atoms with Crippen LogP contribution < -0.4 is 5.32 Å². The fourth-order valence-corrected chi connectivity index (χ4v) is 2.47. The molecule has 7 nitrogen and oxygen atoms in total.